The van der Waals surface area contributed by atoms with E-state index in [1.807, 2.05) is 12.1 Å². The Morgan fingerprint density at radius 3 is 2.84 bits per heavy atom. The molecule has 0 saturated heterocycles. The molecule has 0 aliphatic heterocycles. The first kappa shape index (κ1) is 13.7. The van der Waals surface area contributed by atoms with Gasteiger partial charge in [0.1, 0.15) is 5.82 Å². The van der Waals surface area contributed by atoms with Crippen LogP contribution in [0.1, 0.15) is 15.9 Å². The number of pyridine rings is 1. The maximum Gasteiger partial charge on any atom is 0.255 e. The van der Waals surface area contributed by atoms with Crippen LogP contribution in [-0.4, -0.2) is 17.4 Å². The van der Waals surface area contributed by atoms with Gasteiger partial charge in [0.25, 0.3) is 5.91 Å². The van der Waals surface area contributed by atoms with Crippen LogP contribution in [0.15, 0.2) is 47.2 Å². The molecule has 1 N–H and O–H groups in total. The van der Waals surface area contributed by atoms with Crippen LogP contribution < -0.4 is 5.32 Å². The molecule has 0 fully saturated rings. The molecule has 5 heteroatoms. The van der Waals surface area contributed by atoms with E-state index in [4.69, 9.17) is 0 Å². The molecule has 0 aliphatic rings. The zero-order valence-corrected chi connectivity index (χ0v) is 11.7. The van der Waals surface area contributed by atoms with Crippen LogP contribution in [-0.2, 0) is 6.42 Å². The first-order valence-electron chi connectivity index (χ1n) is 5.79. The van der Waals surface area contributed by atoms with Crippen molar-refractivity contribution in [3.05, 3.63) is 64.1 Å². The van der Waals surface area contributed by atoms with Crippen molar-refractivity contribution in [3.63, 3.8) is 0 Å². The van der Waals surface area contributed by atoms with Crippen molar-refractivity contribution in [2.75, 3.05) is 6.54 Å². The molecule has 0 radical (unpaired) electrons. The van der Waals surface area contributed by atoms with Crippen molar-refractivity contribution in [1.29, 1.82) is 0 Å². The number of aromatic nitrogens is 1. The van der Waals surface area contributed by atoms with E-state index in [0.717, 1.165) is 5.56 Å². The fraction of sp³-hybridized carbons (Fsp3) is 0.143. The molecule has 1 amide bonds. The topological polar surface area (TPSA) is 42.0 Å². The number of rotatable bonds is 4. The van der Waals surface area contributed by atoms with Gasteiger partial charge in [0.15, 0.2) is 0 Å². The second-order valence-corrected chi connectivity index (χ2v) is 4.82. The maximum absolute atomic E-state index is 13.6. The van der Waals surface area contributed by atoms with Crippen LogP contribution in [0.2, 0.25) is 0 Å². The van der Waals surface area contributed by atoms with Gasteiger partial charge in [0, 0.05) is 23.4 Å². The third-order valence-corrected chi connectivity index (χ3v) is 3.27. The highest BCUT2D eigenvalue weighted by atomic mass is 79.9. The van der Waals surface area contributed by atoms with Crippen LogP contribution >= 0.6 is 15.9 Å². The van der Waals surface area contributed by atoms with Crippen molar-refractivity contribution in [1.82, 2.24) is 10.3 Å². The second kappa shape index (κ2) is 6.43. The molecular formula is C14H12BrFN2O. The Morgan fingerprint density at radius 1 is 1.32 bits per heavy atom. The lowest BCUT2D eigenvalue weighted by Gasteiger charge is -2.07. The summed E-state index contributed by atoms with van der Waals surface area (Å²) in [5.74, 6) is -0.956. The third-order valence-electron chi connectivity index (χ3n) is 2.61. The SMILES string of the molecule is O=C(NCCc1cccnc1)c1c(F)cccc1Br. The Kier molecular flexibility index (Phi) is 4.63. The van der Waals surface area contributed by atoms with Gasteiger partial charge in [-0.1, -0.05) is 12.1 Å². The molecule has 0 unspecified atom stereocenters. The Morgan fingerprint density at radius 2 is 2.16 bits per heavy atom. The Labute approximate surface area is 119 Å². The lowest BCUT2D eigenvalue weighted by Crippen LogP contribution is -2.27. The summed E-state index contributed by atoms with van der Waals surface area (Å²) in [6, 6.07) is 8.22. The first-order valence-corrected chi connectivity index (χ1v) is 6.59. The van der Waals surface area contributed by atoms with Gasteiger partial charge >= 0.3 is 0 Å². The molecule has 0 atom stereocenters. The molecular weight excluding hydrogens is 311 g/mol. The summed E-state index contributed by atoms with van der Waals surface area (Å²) >= 11 is 3.17. The number of carbonyl (C=O) groups is 1. The zero-order chi connectivity index (χ0) is 13.7. The zero-order valence-electron chi connectivity index (χ0n) is 10.1. The number of carbonyl (C=O) groups excluding carboxylic acids is 1. The van der Waals surface area contributed by atoms with E-state index in [1.54, 1.807) is 24.5 Å². The second-order valence-electron chi connectivity index (χ2n) is 3.96. The fourth-order valence-electron chi connectivity index (χ4n) is 1.67. The van der Waals surface area contributed by atoms with Crippen molar-refractivity contribution in [2.24, 2.45) is 0 Å². The number of nitrogens with one attached hydrogen (secondary N) is 1. The van der Waals surface area contributed by atoms with Crippen LogP contribution in [0.5, 0.6) is 0 Å². The highest BCUT2D eigenvalue weighted by Crippen LogP contribution is 2.19. The van der Waals surface area contributed by atoms with E-state index in [1.165, 1.54) is 6.07 Å². The molecule has 1 aromatic heterocycles. The van der Waals surface area contributed by atoms with E-state index >= 15 is 0 Å². The van der Waals surface area contributed by atoms with Gasteiger partial charge in [0.05, 0.1) is 5.56 Å². The minimum Gasteiger partial charge on any atom is -0.352 e. The Balaban J connectivity index is 1.95. The smallest absolute Gasteiger partial charge is 0.255 e. The summed E-state index contributed by atoms with van der Waals surface area (Å²) in [7, 11) is 0. The number of nitrogens with zero attached hydrogens (tertiary/aromatic N) is 1. The maximum atomic E-state index is 13.6. The largest absolute Gasteiger partial charge is 0.352 e. The van der Waals surface area contributed by atoms with E-state index in [-0.39, 0.29) is 5.56 Å². The molecule has 0 bridgehead atoms. The van der Waals surface area contributed by atoms with Crippen LogP contribution in [0.25, 0.3) is 0 Å². The van der Waals surface area contributed by atoms with Gasteiger partial charge in [-0.3, -0.25) is 9.78 Å². The molecule has 1 heterocycles. The van der Waals surface area contributed by atoms with E-state index in [0.29, 0.717) is 17.4 Å². The van der Waals surface area contributed by atoms with E-state index in [9.17, 15) is 9.18 Å². The lowest BCUT2D eigenvalue weighted by molar-refractivity contribution is 0.0949. The molecule has 2 rings (SSSR count). The summed E-state index contributed by atoms with van der Waals surface area (Å²) in [4.78, 5) is 15.9. The summed E-state index contributed by atoms with van der Waals surface area (Å²) in [5.41, 5.74) is 1.06. The van der Waals surface area contributed by atoms with Crippen LogP contribution in [0, 0.1) is 5.82 Å². The highest BCUT2D eigenvalue weighted by molar-refractivity contribution is 9.10. The lowest BCUT2D eigenvalue weighted by atomic mass is 10.2. The highest BCUT2D eigenvalue weighted by Gasteiger charge is 2.14. The third kappa shape index (κ3) is 3.61. The normalized spacial score (nSPS) is 10.2. The summed E-state index contributed by atoms with van der Waals surface area (Å²) in [5, 5.41) is 2.69. The Hall–Kier alpha value is -1.75. The number of benzene rings is 1. The summed E-state index contributed by atoms with van der Waals surface area (Å²) in [6.45, 7) is 0.436. The summed E-state index contributed by atoms with van der Waals surface area (Å²) < 4.78 is 14.0. The molecule has 0 saturated carbocycles. The van der Waals surface area contributed by atoms with Gasteiger partial charge < -0.3 is 5.32 Å². The minimum absolute atomic E-state index is 0.0358. The van der Waals surface area contributed by atoms with Gasteiger partial charge in [-0.25, -0.2) is 4.39 Å². The number of amides is 1. The predicted octanol–water partition coefficient (Wildman–Crippen LogP) is 2.96. The number of hydrogen-bond acceptors (Lipinski definition) is 2. The van der Waals surface area contributed by atoms with Crippen LogP contribution in [0.4, 0.5) is 4.39 Å². The van der Waals surface area contributed by atoms with Crippen molar-refractivity contribution in [3.8, 4) is 0 Å². The van der Waals surface area contributed by atoms with E-state index < -0.39 is 11.7 Å². The monoisotopic (exact) mass is 322 g/mol. The van der Waals surface area contributed by atoms with Gasteiger partial charge in [-0.05, 0) is 46.1 Å². The molecule has 0 aliphatic carbocycles. The number of halogens is 2. The van der Waals surface area contributed by atoms with Crippen molar-refractivity contribution in [2.45, 2.75) is 6.42 Å². The molecule has 0 spiro atoms. The molecule has 98 valence electrons. The van der Waals surface area contributed by atoms with Gasteiger partial charge in [-0.15, -0.1) is 0 Å². The predicted molar refractivity (Wildman–Crippen MR) is 74.4 cm³/mol. The average Bonchev–Trinajstić information content (AvgIpc) is 2.40. The fourth-order valence-corrected chi connectivity index (χ4v) is 2.19. The summed E-state index contributed by atoms with van der Waals surface area (Å²) in [6.07, 6.45) is 4.09. The molecule has 19 heavy (non-hydrogen) atoms. The minimum atomic E-state index is -0.534. The van der Waals surface area contributed by atoms with Crippen molar-refractivity contribution >= 4 is 21.8 Å². The Bertz CT molecular complexity index is 555. The van der Waals surface area contributed by atoms with Gasteiger partial charge in [-0.2, -0.15) is 0 Å². The molecule has 3 nitrogen and oxygen atoms in total. The first-order chi connectivity index (χ1) is 9.18. The van der Waals surface area contributed by atoms with Crippen LogP contribution in [0.3, 0.4) is 0 Å². The van der Waals surface area contributed by atoms with Gasteiger partial charge in [0.2, 0.25) is 0 Å². The average molecular weight is 323 g/mol. The molecule has 1 aromatic carbocycles. The van der Waals surface area contributed by atoms with Crippen molar-refractivity contribution < 1.29 is 9.18 Å². The number of hydrogen-bond donors (Lipinski definition) is 1. The molecule has 2 aromatic rings. The standard InChI is InChI=1S/C14H12BrFN2O/c15-11-4-1-5-12(16)13(11)14(19)18-8-6-10-3-2-7-17-9-10/h1-5,7,9H,6,8H2,(H,18,19). The van der Waals surface area contributed by atoms with E-state index in [2.05, 4.69) is 26.2 Å². The quantitative estimate of drug-likeness (QED) is 0.940.